The molecule has 0 N–H and O–H groups in total. The fourth-order valence-electron chi connectivity index (χ4n) is 5.05. The molecule has 0 saturated heterocycles. The van der Waals surface area contributed by atoms with E-state index in [1.165, 1.54) is 50.7 Å². The highest BCUT2D eigenvalue weighted by molar-refractivity contribution is 5.76. The molecule has 0 aliphatic heterocycles. The zero-order valence-corrected chi connectivity index (χ0v) is 16.3. The van der Waals surface area contributed by atoms with Gasteiger partial charge in [0.1, 0.15) is 17.6 Å². The molecule has 1 aromatic carbocycles. The number of carbonyl (C=O) groups excluding carboxylic acids is 1. The molecule has 146 valence electrons. The monoisotopic (exact) mass is 371 g/mol. The largest absolute Gasteiger partial charge is 0.425 e. The van der Waals surface area contributed by atoms with Crippen LogP contribution in [0.25, 0.3) is 0 Å². The Morgan fingerprint density at radius 1 is 1.11 bits per heavy atom. The summed E-state index contributed by atoms with van der Waals surface area (Å²) in [6.07, 6.45) is 12.0. The number of hydrogen-bond acceptors (Lipinski definition) is 3. The van der Waals surface area contributed by atoms with Crippen LogP contribution in [0, 0.1) is 40.8 Å². The summed E-state index contributed by atoms with van der Waals surface area (Å²) >= 11 is 0. The molecule has 1 aromatic rings. The molecule has 2 saturated carbocycles. The van der Waals surface area contributed by atoms with Crippen LogP contribution < -0.4 is 4.74 Å². The summed E-state index contributed by atoms with van der Waals surface area (Å²) in [5.41, 5.74) is 0.0703. The minimum atomic E-state index is -0.500. The van der Waals surface area contributed by atoms with Gasteiger partial charge in [0, 0.05) is 0 Å². The van der Waals surface area contributed by atoms with Gasteiger partial charge in [-0.3, -0.25) is 4.79 Å². The average Bonchev–Trinajstić information content (AvgIpc) is 2.70. The van der Waals surface area contributed by atoms with Crippen LogP contribution in [0.3, 0.4) is 0 Å². The molecule has 0 heterocycles. The lowest BCUT2D eigenvalue weighted by Gasteiger charge is -2.37. The van der Waals surface area contributed by atoms with E-state index in [-0.39, 0.29) is 23.2 Å². The summed E-state index contributed by atoms with van der Waals surface area (Å²) in [7, 11) is 0. The van der Waals surface area contributed by atoms with E-state index in [1.807, 2.05) is 6.07 Å². The lowest BCUT2D eigenvalue weighted by atomic mass is 9.69. The minimum absolute atomic E-state index is 0.0703. The standard InChI is InChI=1S/C23H30FNO2/c1-2-3-16-4-6-17(7-5-16)18-8-10-19(11-9-18)23(26)27-22-13-12-21(24)14-20(22)15-25/h12-14,16-19H,2-11H2,1H3/t16-,17-,18?,19?. The van der Waals surface area contributed by atoms with Crippen molar-refractivity contribution in [3.8, 4) is 11.8 Å². The summed E-state index contributed by atoms with van der Waals surface area (Å²) in [5.74, 6) is 1.80. The van der Waals surface area contributed by atoms with Crippen molar-refractivity contribution in [2.75, 3.05) is 0 Å². The Balaban J connectivity index is 1.48. The number of nitrogens with zero attached hydrogens (tertiary/aromatic N) is 1. The highest BCUT2D eigenvalue weighted by atomic mass is 19.1. The van der Waals surface area contributed by atoms with Crippen LogP contribution in [-0.4, -0.2) is 5.97 Å². The lowest BCUT2D eigenvalue weighted by Crippen LogP contribution is -2.30. The third-order valence-corrected chi connectivity index (χ3v) is 6.63. The maximum Gasteiger partial charge on any atom is 0.314 e. The Labute approximate surface area is 161 Å². The van der Waals surface area contributed by atoms with Crippen LogP contribution in [0.15, 0.2) is 18.2 Å². The molecule has 2 fully saturated rings. The molecule has 0 atom stereocenters. The number of halogens is 1. The number of esters is 1. The third-order valence-electron chi connectivity index (χ3n) is 6.63. The van der Waals surface area contributed by atoms with Crippen LogP contribution in [-0.2, 0) is 4.79 Å². The number of hydrogen-bond donors (Lipinski definition) is 0. The van der Waals surface area contributed by atoms with Crippen LogP contribution in [0.2, 0.25) is 0 Å². The molecule has 0 amide bonds. The summed E-state index contributed by atoms with van der Waals surface area (Å²) in [6.45, 7) is 2.28. The van der Waals surface area contributed by atoms with E-state index in [9.17, 15) is 9.18 Å². The SMILES string of the molecule is CCC[C@H]1CC[C@H](C2CCC(C(=O)Oc3ccc(F)cc3C#N)CC2)CC1. The molecule has 0 bridgehead atoms. The van der Waals surface area contributed by atoms with Gasteiger partial charge < -0.3 is 4.74 Å². The second-order valence-corrected chi connectivity index (χ2v) is 8.35. The molecule has 0 aromatic heterocycles. The second kappa shape index (κ2) is 9.35. The van der Waals surface area contributed by atoms with Crippen molar-refractivity contribution in [3.63, 3.8) is 0 Å². The van der Waals surface area contributed by atoms with E-state index in [1.54, 1.807) is 0 Å². The van der Waals surface area contributed by atoms with Gasteiger partial charge in [0.2, 0.25) is 0 Å². The highest BCUT2D eigenvalue weighted by Gasteiger charge is 2.33. The van der Waals surface area contributed by atoms with Gasteiger partial charge in [-0.05, 0) is 74.5 Å². The Kier molecular flexibility index (Phi) is 6.88. The maximum absolute atomic E-state index is 13.2. The molecule has 2 aliphatic carbocycles. The van der Waals surface area contributed by atoms with E-state index < -0.39 is 5.82 Å². The zero-order valence-electron chi connectivity index (χ0n) is 16.3. The van der Waals surface area contributed by atoms with Crippen molar-refractivity contribution in [2.24, 2.45) is 23.7 Å². The second-order valence-electron chi connectivity index (χ2n) is 8.35. The lowest BCUT2D eigenvalue weighted by molar-refractivity contribution is -0.140. The van der Waals surface area contributed by atoms with Crippen molar-refractivity contribution in [2.45, 2.75) is 71.1 Å². The fraction of sp³-hybridized carbons (Fsp3) is 0.652. The minimum Gasteiger partial charge on any atom is -0.425 e. The molecule has 3 nitrogen and oxygen atoms in total. The maximum atomic E-state index is 13.2. The summed E-state index contributed by atoms with van der Waals surface area (Å²) in [4.78, 5) is 12.5. The topological polar surface area (TPSA) is 50.1 Å². The number of carbonyl (C=O) groups is 1. The first kappa shape index (κ1) is 19.9. The van der Waals surface area contributed by atoms with Crippen LogP contribution in [0.4, 0.5) is 4.39 Å². The van der Waals surface area contributed by atoms with Crippen molar-refractivity contribution in [3.05, 3.63) is 29.6 Å². The first-order valence-electron chi connectivity index (χ1n) is 10.5. The van der Waals surface area contributed by atoms with Gasteiger partial charge in [-0.15, -0.1) is 0 Å². The number of benzene rings is 1. The number of ether oxygens (including phenoxy) is 1. The average molecular weight is 371 g/mol. The molecule has 27 heavy (non-hydrogen) atoms. The van der Waals surface area contributed by atoms with Gasteiger partial charge in [-0.1, -0.05) is 32.6 Å². The first-order chi connectivity index (χ1) is 13.1. The molecule has 2 aliphatic rings. The van der Waals surface area contributed by atoms with Gasteiger partial charge in [0.15, 0.2) is 0 Å². The van der Waals surface area contributed by atoms with E-state index >= 15 is 0 Å². The molecule has 0 spiro atoms. The van der Waals surface area contributed by atoms with Gasteiger partial charge in [-0.2, -0.15) is 5.26 Å². The van der Waals surface area contributed by atoms with Gasteiger partial charge in [-0.25, -0.2) is 4.39 Å². The fourth-order valence-corrected chi connectivity index (χ4v) is 5.05. The van der Waals surface area contributed by atoms with Crippen molar-refractivity contribution in [1.82, 2.24) is 0 Å². The summed E-state index contributed by atoms with van der Waals surface area (Å²) in [5, 5.41) is 9.09. The van der Waals surface area contributed by atoms with Crippen LogP contribution in [0.1, 0.15) is 76.7 Å². The highest BCUT2D eigenvalue weighted by Crippen LogP contribution is 2.42. The summed E-state index contributed by atoms with van der Waals surface area (Å²) in [6, 6.07) is 5.58. The first-order valence-corrected chi connectivity index (χ1v) is 10.5. The van der Waals surface area contributed by atoms with Crippen LogP contribution >= 0.6 is 0 Å². The number of nitriles is 1. The molecule has 4 heteroatoms. The van der Waals surface area contributed by atoms with Crippen molar-refractivity contribution in [1.29, 1.82) is 5.26 Å². The van der Waals surface area contributed by atoms with E-state index in [0.29, 0.717) is 0 Å². The van der Waals surface area contributed by atoms with Gasteiger partial charge >= 0.3 is 5.97 Å². The van der Waals surface area contributed by atoms with Crippen molar-refractivity contribution >= 4 is 5.97 Å². The predicted molar refractivity (Wildman–Crippen MR) is 103 cm³/mol. The molecule has 0 radical (unpaired) electrons. The van der Waals surface area contributed by atoms with E-state index in [4.69, 9.17) is 10.00 Å². The van der Waals surface area contributed by atoms with Crippen molar-refractivity contribution < 1.29 is 13.9 Å². The Hall–Kier alpha value is -1.89. The van der Waals surface area contributed by atoms with E-state index in [2.05, 4.69) is 6.92 Å². The smallest absolute Gasteiger partial charge is 0.314 e. The van der Waals surface area contributed by atoms with Gasteiger partial charge in [0.25, 0.3) is 0 Å². The zero-order chi connectivity index (χ0) is 19.2. The quantitative estimate of drug-likeness (QED) is 0.470. The molecular formula is C23H30FNO2. The van der Waals surface area contributed by atoms with Crippen LogP contribution in [0.5, 0.6) is 5.75 Å². The number of rotatable bonds is 5. The van der Waals surface area contributed by atoms with E-state index in [0.717, 1.165) is 49.5 Å². The third kappa shape index (κ3) is 5.09. The molecule has 0 unspecified atom stereocenters. The Bertz CT molecular complexity index is 680. The molecule has 3 rings (SSSR count). The van der Waals surface area contributed by atoms with Gasteiger partial charge in [0.05, 0.1) is 11.5 Å². The normalized spacial score (nSPS) is 28.3. The molecular weight excluding hydrogens is 341 g/mol. The Morgan fingerprint density at radius 2 is 1.74 bits per heavy atom. The predicted octanol–water partition coefficient (Wildman–Crippen LogP) is 6.02. The summed E-state index contributed by atoms with van der Waals surface area (Å²) < 4.78 is 18.6. The Morgan fingerprint density at radius 3 is 2.33 bits per heavy atom.